The summed E-state index contributed by atoms with van der Waals surface area (Å²) in [6, 6.07) is 12.1. The van der Waals surface area contributed by atoms with Crippen molar-refractivity contribution < 1.29 is 19.7 Å². The van der Waals surface area contributed by atoms with Crippen LogP contribution in [0.2, 0.25) is 0 Å². The molecule has 0 radical (unpaired) electrons. The van der Waals surface area contributed by atoms with E-state index < -0.39 is 23.1 Å². The number of aromatic amines is 1. The first-order valence-corrected chi connectivity index (χ1v) is 8.99. The standard InChI is InChI=1S/C21H19N3O6/c1-3-16(22-13-6-4-12(5-7-13)20(27)28)17-18(25)23-21(29)24(19(17)26)14-8-10-15(30-2)11-9-14/h4-11,26H,3H2,1-2H3,(H,27,28)(H,23,25,29). The van der Waals surface area contributed by atoms with E-state index in [-0.39, 0.29) is 23.3 Å². The molecule has 2 aromatic carbocycles. The molecule has 0 aliphatic rings. The lowest BCUT2D eigenvalue weighted by molar-refractivity contribution is 0.0697. The van der Waals surface area contributed by atoms with Crippen molar-refractivity contribution in [3.63, 3.8) is 0 Å². The van der Waals surface area contributed by atoms with Crippen LogP contribution in [0.3, 0.4) is 0 Å². The van der Waals surface area contributed by atoms with E-state index in [1.165, 1.54) is 31.4 Å². The molecule has 154 valence electrons. The third-order valence-corrected chi connectivity index (χ3v) is 4.42. The van der Waals surface area contributed by atoms with Crippen molar-refractivity contribution in [2.24, 2.45) is 4.99 Å². The Morgan fingerprint density at radius 1 is 1.10 bits per heavy atom. The maximum Gasteiger partial charge on any atom is 0.335 e. The summed E-state index contributed by atoms with van der Waals surface area (Å²) in [6.07, 6.45) is 0.276. The van der Waals surface area contributed by atoms with Gasteiger partial charge >= 0.3 is 11.7 Å². The van der Waals surface area contributed by atoms with Gasteiger partial charge in [-0.2, -0.15) is 0 Å². The second-order valence-corrected chi connectivity index (χ2v) is 6.26. The van der Waals surface area contributed by atoms with Crippen LogP contribution in [0.15, 0.2) is 63.1 Å². The van der Waals surface area contributed by atoms with Crippen LogP contribution < -0.4 is 16.0 Å². The van der Waals surface area contributed by atoms with E-state index in [2.05, 4.69) is 9.98 Å². The highest BCUT2D eigenvalue weighted by molar-refractivity contribution is 6.03. The zero-order valence-electron chi connectivity index (χ0n) is 16.2. The third kappa shape index (κ3) is 4.00. The van der Waals surface area contributed by atoms with Crippen LogP contribution in [0.25, 0.3) is 5.69 Å². The predicted octanol–water partition coefficient (Wildman–Crippen LogP) is 2.47. The van der Waals surface area contributed by atoms with Gasteiger partial charge in [-0.15, -0.1) is 0 Å². The van der Waals surface area contributed by atoms with Gasteiger partial charge in [0.05, 0.1) is 29.8 Å². The van der Waals surface area contributed by atoms with E-state index in [1.54, 1.807) is 31.2 Å². The van der Waals surface area contributed by atoms with Gasteiger partial charge in [0.25, 0.3) is 5.56 Å². The maximum absolute atomic E-state index is 12.5. The number of aliphatic imine (C=N–C) groups is 1. The molecule has 1 aromatic heterocycles. The Balaban J connectivity index is 2.14. The van der Waals surface area contributed by atoms with Gasteiger partial charge in [-0.25, -0.2) is 14.2 Å². The molecule has 0 saturated carbocycles. The first-order valence-electron chi connectivity index (χ1n) is 8.99. The maximum atomic E-state index is 12.5. The normalized spacial score (nSPS) is 11.3. The number of carboxylic acid groups (broad SMARTS) is 1. The molecular formula is C21H19N3O6. The summed E-state index contributed by atoms with van der Waals surface area (Å²) < 4.78 is 6.06. The Kier molecular flexibility index (Phi) is 5.82. The van der Waals surface area contributed by atoms with Gasteiger partial charge in [0, 0.05) is 0 Å². The highest BCUT2D eigenvalue weighted by Crippen LogP contribution is 2.22. The van der Waals surface area contributed by atoms with Crippen molar-refractivity contribution in [3.8, 4) is 17.3 Å². The first kappa shape index (κ1) is 20.6. The van der Waals surface area contributed by atoms with Crippen molar-refractivity contribution in [3.05, 3.63) is 80.5 Å². The number of H-pyrrole nitrogens is 1. The third-order valence-electron chi connectivity index (χ3n) is 4.42. The highest BCUT2D eigenvalue weighted by atomic mass is 16.5. The zero-order chi connectivity index (χ0) is 21.8. The number of nitrogens with one attached hydrogen (secondary N) is 1. The topological polar surface area (TPSA) is 134 Å². The second kappa shape index (κ2) is 8.48. The fraction of sp³-hybridized carbons (Fsp3) is 0.143. The summed E-state index contributed by atoms with van der Waals surface area (Å²) in [4.78, 5) is 42.4. The summed E-state index contributed by atoms with van der Waals surface area (Å²) in [5.41, 5.74) is -0.650. The van der Waals surface area contributed by atoms with Gasteiger partial charge in [0.2, 0.25) is 5.88 Å². The molecule has 0 saturated heterocycles. The Hall–Kier alpha value is -4.14. The van der Waals surface area contributed by atoms with Crippen LogP contribution in [0.5, 0.6) is 11.6 Å². The Morgan fingerprint density at radius 3 is 2.27 bits per heavy atom. The van der Waals surface area contributed by atoms with E-state index in [1.807, 2.05) is 0 Å². The fourth-order valence-electron chi connectivity index (χ4n) is 2.90. The summed E-state index contributed by atoms with van der Waals surface area (Å²) in [5, 5.41) is 19.8. The number of rotatable bonds is 6. The van der Waals surface area contributed by atoms with Crippen LogP contribution in [-0.4, -0.2) is 38.6 Å². The molecule has 0 atom stereocenters. The van der Waals surface area contributed by atoms with E-state index in [9.17, 15) is 19.5 Å². The van der Waals surface area contributed by atoms with Gasteiger partial charge in [-0.05, 0) is 55.0 Å². The predicted molar refractivity (Wildman–Crippen MR) is 111 cm³/mol. The molecule has 0 spiro atoms. The van der Waals surface area contributed by atoms with Crippen molar-refractivity contribution in [1.29, 1.82) is 0 Å². The molecule has 3 rings (SSSR count). The molecule has 0 aliphatic heterocycles. The monoisotopic (exact) mass is 409 g/mol. The minimum atomic E-state index is -1.07. The summed E-state index contributed by atoms with van der Waals surface area (Å²) in [7, 11) is 1.50. The van der Waals surface area contributed by atoms with E-state index in [0.29, 0.717) is 17.1 Å². The summed E-state index contributed by atoms with van der Waals surface area (Å²) >= 11 is 0. The van der Waals surface area contributed by atoms with Crippen molar-refractivity contribution in [2.75, 3.05) is 7.11 Å². The summed E-state index contributed by atoms with van der Waals surface area (Å²) in [5.74, 6) is -1.05. The molecule has 9 nitrogen and oxygen atoms in total. The molecule has 0 unspecified atom stereocenters. The number of aromatic carboxylic acids is 1. The number of ether oxygens (including phenoxy) is 1. The van der Waals surface area contributed by atoms with Gasteiger partial charge in [0.15, 0.2) is 0 Å². The number of hydrogen-bond donors (Lipinski definition) is 3. The van der Waals surface area contributed by atoms with Crippen LogP contribution in [-0.2, 0) is 0 Å². The zero-order valence-corrected chi connectivity index (χ0v) is 16.2. The van der Waals surface area contributed by atoms with Crippen molar-refractivity contribution in [1.82, 2.24) is 9.55 Å². The van der Waals surface area contributed by atoms with Gasteiger partial charge in [0.1, 0.15) is 11.3 Å². The lowest BCUT2D eigenvalue weighted by Gasteiger charge is -2.13. The SMILES string of the molecule is CCC(=Nc1ccc(C(=O)O)cc1)c1c(O)n(-c2ccc(OC)cc2)c(=O)[nH]c1=O. The molecule has 3 aromatic rings. The highest BCUT2D eigenvalue weighted by Gasteiger charge is 2.19. The molecule has 1 heterocycles. The van der Waals surface area contributed by atoms with E-state index in [0.717, 1.165) is 4.57 Å². The summed E-state index contributed by atoms with van der Waals surface area (Å²) in [6.45, 7) is 1.74. The number of methoxy groups -OCH3 is 1. The van der Waals surface area contributed by atoms with Crippen LogP contribution >= 0.6 is 0 Å². The molecule has 0 bridgehead atoms. The minimum Gasteiger partial charge on any atom is -0.497 e. The second-order valence-electron chi connectivity index (χ2n) is 6.26. The number of aromatic nitrogens is 2. The molecule has 0 amide bonds. The molecule has 0 fully saturated rings. The molecular weight excluding hydrogens is 390 g/mol. The number of nitrogens with zero attached hydrogens (tertiary/aromatic N) is 2. The Bertz CT molecular complexity index is 1220. The fourth-order valence-corrected chi connectivity index (χ4v) is 2.90. The van der Waals surface area contributed by atoms with Gasteiger partial charge < -0.3 is 14.9 Å². The van der Waals surface area contributed by atoms with Crippen molar-refractivity contribution in [2.45, 2.75) is 13.3 Å². The minimum absolute atomic E-state index is 0.0979. The number of carboxylic acids is 1. The number of aromatic hydroxyl groups is 1. The van der Waals surface area contributed by atoms with E-state index in [4.69, 9.17) is 9.84 Å². The van der Waals surface area contributed by atoms with Gasteiger partial charge in [-0.3, -0.25) is 14.8 Å². The number of carbonyl (C=O) groups is 1. The van der Waals surface area contributed by atoms with Crippen molar-refractivity contribution >= 4 is 17.4 Å². The molecule has 9 heteroatoms. The average Bonchev–Trinajstić information content (AvgIpc) is 2.73. The largest absolute Gasteiger partial charge is 0.497 e. The van der Waals surface area contributed by atoms with Gasteiger partial charge in [-0.1, -0.05) is 6.92 Å². The Morgan fingerprint density at radius 2 is 1.73 bits per heavy atom. The van der Waals surface area contributed by atoms with Crippen LogP contribution in [0.1, 0.15) is 29.3 Å². The number of benzene rings is 2. The quantitative estimate of drug-likeness (QED) is 0.536. The lowest BCUT2D eigenvalue weighted by atomic mass is 10.1. The average molecular weight is 409 g/mol. The molecule has 30 heavy (non-hydrogen) atoms. The van der Waals surface area contributed by atoms with Crippen LogP contribution in [0.4, 0.5) is 5.69 Å². The molecule has 0 aliphatic carbocycles. The Labute approximate surface area is 170 Å². The lowest BCUT2D eigenvalue weighted by Crippen LogP contribution is -2.33. The molecule has 3 N–H and O–H groups in total. The van der Waals surface area contributed by atoms with Crippen LogP contribution in [0, 0.1) is 0 Å². The number of hydrogen-bond acceptors (Lipinski definition) is 6. The first-order chi connectivity index (χ1) is 14.3. The van der Waals surface area contributed by atoms with E-state index >= 15 is 0 Å². The smallest absolute Gasteiger partial charge is 0.335 e.